The standard InChI is InChI=1S/C22H30ClN5/c1-3-24-22(26-15-19-9-10-21(23)25-14-19)27-20-11-12-28(17(2)13-20)16-18-7-5-4-6-8-18/h4-10,14,17,20H,3,11-13,15-16H2,1-2H3,(H2,24,26,27). The normalized spacial score (nSPS) is 20.8. The Labute approximate surface area is 173 Å². The topological polar surface area (TPSA) is 52.6 Å². The van der Waals surface area contributed by atoms with Crippen LogP contribution in [0.3, 0.4) is 0 Å². The zero-order valence-electron chi connectivity index (χ0n) is 16.7. The van der Waals surface area contributed by atoms with E-state index in [0.29, 0.717) is 23.8 Å². The van der Waals surface area contributed by atoms with Crippen LogP contribution in [0.15, 0.2) is 53.7 Å². The first-order valence-electron chi connectivity index (χ1n) is 10.1. The van der Waals surface area contributed by atoms with Crippen molar-refractivity contribution in [2.75, 3.05) is 13.1 Å². The molecule has 2 N–H and O–H groups in total. The van der Waals surface area contributed by atoms with E-state index in [1.807, 2.05) is 6.07 Å². The van der Waals surface area contributed by atoms with Gasteiger partial charge in [0.15, 0.2) is 5.96 Å². The molecule has 2 atom stereocenters. The average Bonchev–Trinajstić information content (AvgIpc) is 2.70. The lowest BCUT2D eigenvalue weighted by Gasteiger charge is -2.38. The van der Waals surface area contributed by atoms with E-state index in [1.54, 1.807) is 12.3 Å². The molecule has 2 unspecified atom stereocenters. The molecule has 3 rings (SSSR count). The number of pyridine rings is 1. The number of halogens is 1. The number of aliphatic imine (C=N–C) groups is 1. The van der Waals surface area contributed by atoms with Gasteiger partial charge in [0.2, 0.25) is 0 Å². The quantitative estimate of drug-likeness (QED) is 0.440. The van der Waals surface area contributed by atoms with Crippen LogP contribution in [0.2, 0.25) is 5.15 Å². The fourth-order valence-electron chi connectivity index (χ4n) is 3.59. The number of rotatable bonds is 6. The summed E-state index contributed by atoms with van der Waals surface area (Å²) in [6, 6.07) is 15.5. The first-order chi connectivity index (χ1) is 13.6. The highest BCUT2D eigenvalue weighted by molar-refractivity contribution is 6.29. The SMILES string of the molecule is CCNC(=NCc1ccc(Cl)nc1)NC1CCN(Cc2ccccc2)C(C)C1. The molecule has 2 heterocycles. The number of hydrogen-bond acceptors (Lipinski definition) is 3. The predicted molar refractivity (Wildman–Crippen MR) is 117 cm³/mol. The molecule has 1 aliphatic heterocycles. The fraction of sp³-hybridized carbons (Fsp3) is 0.455. The average molecular weight is 400 g/mol. The monoisotopic (exact) mass is 399 g/mol. The Morgan fingerprint density at radius 1 is 1.21 bits per heavy atom. The first kappa shape index (κ1) is 20.6. The van der Waals surface area contributed by atoms with E-state index < -0.39 is 0 Å². The number of piperidine rings is 1. The summed E-state index contributed by atoms with van der Waals surface area (Å²) in [6.45, 7) is 7.95. The van der Waals surface area contributed by atoms with E-state index in [9.17, 15) is 0 Å². The van der Waals surface area contributed by atoms with Crippen molar-refractivity contribution in [3.8, 4) is 0 Å². The number of aromatic nitrogens is 1. The molecule has 0 aliphatic carbocycles. The third-order valence-corrected chi connectivity index (χ3v) is 5.36. The van der Waals surface area contributed by atoms with Gasteiger partial charge in [0, 0.05) is 37.9 Å². The molecule has 1 aromatic carbocycles. The van der Waals surface area contributed by atoms with Gasteiger partial charge < -0.3 is 10.6 Å². The maximum Gasteiger partial charge on any atom is 0.191 e. The maximum atomic E-state index is 5.85. The molecule has 1 aliphatic rings. The molecule has 0 saturated carbocycles. The summed E-state index contributed by atoms with van der Waals surface area (Å²) in [4.78, 5) is 11.4. The molecule has 150 valence electrons. The molecule has 28 heavy (non-hydrogen) atoms. The molecule has 0 radical (unpaired) electrons. The van der Waals surface area contributed by atoms with Crippen LogP contribution in [0.5, 0.6) is 0 Å². The Morgan fingerprint density at radius 3 is 2.71 bits per heavy atom. The largest absolute Gasteiger partial charge is 0.357 e. The number of nitrogens with zero attached hydrogens (tertiary/aromatic N) is 3. The van der Waals surface area contributed by atoms with Gasteiger partial charge in [0.25, 0.3) is 0 Å². The van der Waals surface area contributed by atoms with Crippen LogP contribution < -0.4 is 10.6 Å². The molecule has 5 nitrogen and oxygen atoms in total. The minimum Gasteiger partial charge on any atom is -0.357 e. The summed E-state index contributed by atoms with van der Waals surface area (Å²) in [6.07, 6.45) is 4.00. The van der Waals surface area contributed by atoms with Crippen molar-refractivity contribution < 1.29 is 0 Å². The maximum absolute atomic E-state index is 5.85. The number of hydrogen-bond donors (Lipinski definition) is 2. The van der Waals surface area contributed by atoms with Crippen molar-refractivity contribution >= 4 is 17.6 Å². The minimum absolute atomic E-state index is 0.433. The van der Waals surface area contributed by atoms with Crippen LogP contribution in [-0.4, -0.2) is 41.0 Å². The van der Waals surface area contributed by atoms with Crippen molar-refractivity contribution in [3.05, 3.63) is 64.9 Å². The Balaban J connectivity index is 1.54. The summed E-state index contributed by atoms with van der Waals surface area (Å²) in [7, 11) is 0. The van der Waals surface area contributed by atoms with Crippen LogP contribution in [0.25, 0.3) is 0 Å². The molecule has 0 spiro atoms. The van der Waals surface area contributed by atoms with E-state index in [2.05, 4.69) is 64.7 Å². The Kier molecular flexibility index (Phi) is 7.69. The van der Waals surface area contributed by atoms with Crippen LogP contribution >= 0.6 is 11.6 Å². The Bertz CT molecular complexity index is 747. The van der Waals surface area contributed by atoms with Crippen molar-refractivity contribution in [2.45, 2.75) is 51.9 Å². The van der Waals surface area contributed by atoms with Crippen molar-refractivity contribution in [2.24, 2.45) is 4.99 Å². The number of benzene rings is 1. The van der Waals surface area contributed by atoms with Gasteiger partial charge in [-0.2, -0.15) is 0 Å². The van der Waals surface area contributed by atoms with Crippen LogP contribution in [0, 0.1) is 0 Å². The zero-order valence-corrected chi connectivity index (χ0v) is 17.5. The number of likely N-dealkylation sites (tertiary alicyclic amines) is 1. The minimum atomic E-state index is 0.433. The molecule has 0 amide bonds. The third-order valence-electron chi connectivity index (χ3n) is 5.14. The van der Waals surface area contributed by atoms with E-state index in [-0.39, 0.29) is 0 Å². The van der Waals surface area contributed by atoms with Gasteiger partial charge in [-0.3, -0.25) is 4.90 Å². The molecular formula is C22H30ClN5. The molecule has 2 aromatic rings. The van der Waals surface area contributed by atoms with Crippen molar-refractivity contribution in [3.63, 3.8) is 0 Å². The number of guanidine groups is 1. The van der Waals surface area contributed by atoms with Gasteiger partial charge in [0.1, 0.15) is 5.15 Å². The highest BCUT2D eigenvalue weighted by atomic mass is 35.5. The molecule has 1 saturated heterocycles. The van der Waals surface area contributed by atoms with Gasteiger partial charge in [0.05, 0.1) is 6.54 Å². The van der Waals surface area contributed by atoms with E-state index >= 15 is 0 Å². The second-order valence-corrected chi connectivity index (χ2v) is 7.74. The smallest absolute Gasteiger partial charge is 0.191 e. The molecule has 1 aromatic heterocycles. The summed E-state index contributed by atoms with van der Waals surface area (Å²) < 4.78 is 0. The van der Waals surface area contributed by atoms with Crippen LogP contribution in [0.1, 0.15) is 37.8 Å². The van der Waals surface area contributed by atoms with Crippen molar-refractivity contribution in [1.82, 2.24) is 20.5 Å². The molecule has 1 fully saturated rings. The van der Waals surface area contributed by atoms with Crippen LogP contribution in [0.4, 0.5) is 0 Å². The van der Waals surface area contributed by atoms with Gasteiger partial charge in [-0.15, -0.1) is 0 Å². The summed E-state index contributed by atoms with van der Waals surface area (Å²) in [5.74, 6) is 0.867. The second kappa shape index (κ2) is 10.4. The predicted octanol–water partition coefficient (Wildman–Crippen LogP) is 3.84. The number of nitrogens with one attached hydrogen (secondary N) is 2. The fourth-order valence-corrected chi connectivity index (χ4v) is 3.70. The van der Waals surface area contributed by atoms with Gasteiger partial charge >= 0.3 is 0 Å². The molecule has 0 bridgehead atoms. The van der Waals surface area contributed by atoms with E-state index in [4.69, 9.17) is 16.6 Å². The molecule has 6 heteroatoms. The summed E-state index contributed by atoms with van der Waals surface area (Å²) in [5, 5.41) is 7.48. The lowest BCUT2D eigenvalue weighted by molar-refractivity contribution is 0.134. The van der Waals surface area contributed by atoms with Crippen LogP contribution in [-0.2, 0) is 13.1 Å². The van der Waals surface area contributed by atoms with Gasteiger partial charge in [-0.05, 0) is 43.9 Å². The summed E-state index contributed by atoms with van der Waals surface area (Å²) >= 11 is 5.85. The van der Waals surface area contributed by atoms with Gasteiger partial charge in [-0.1, -0.05) is 48.0 Å². The van der Waals surface area contributed by atoms with Gasteiger partial charge in [-0.25, -0.2) is 9.98 Å². The first-order valence-corrected chi connectivity index (χ1v) is 10.4. The Hall–Kier alpha value is -2.11. The van der Waals surface area contributed by atoms with E-state index in [1.165, 1.54) is 5.56 Å². The van der Waals surface area contributed by atoms with Crippen molar-refractivity contribution in [1.29, 1.82) is 0 Å². The zero-order chi connectivity index (χ0) is 19.8. The summed E-state index contributed by atoms with van der Waals surface area (Å²) in [5.41, 5.74) is 2.43. The second-order valence-electron chi connectivity index (χ2n) is 7.36. The Morgan fingerprint density at radius 2 is 2.04 bits per heavy atom. The molecular weight excluding hydrogens is 370 g/mol. The lowest BCUT2D eigenvalue weighted by atomic mass is 9.97. The highest BCUT2D eigenvalue weighted by Gasteiger charge is 2.25. The lowest BCUT2D eigenvalue weighted by Crippen LogP contribution is -2.51. The third kappa shape index (κ3) is 6.21. The van der Waals surface area contributed by atoms with E-state index in [0.717, 1.165) is 44.0 Å². The highest BCUT2D eigenvalue weighted by Crippen LogP contribution is 2.20.